The van der Waals surface area contributed by atoms with Crippen LogP contribution in [0.25, 0.3) is 5.69 Å². The second-order valence-corrected chi connectivity index (χ2v) is 6.72. The molecule has 0 radical (unpaired) electrons. The van der Waals surface area contributed by atoms with Crippen LogP contribution in [-0.2, 0) is 6.54 Å². The van der Waals surface area contributed by atoms with Gasteiger partial charge < -0.3 is 4.74 Å². The molecule has 0 bridgehead atoms. The molecule has 0 unspecified atom stereocenters. The first-order valence-corrected chi connectivity index (χ1v) is 9.01. The maximum absolute atomic E-state index is 12.9. The third kappa shape index (κ3) is 3.51. The zero-order valence-corrected chi connectivity index (χ0v) is 15.5. The fourth-order valence-corrected chi connectivity index (χ4v) is 3.45. The minimum Gasteiger partial charge on any atom is -0.497 e. The van der Waals surface area contributed by atoms with Gasteiger partial charge >= 0.3 is 5.69 Å². The summed E-state index contributed by atoms with van der Waals surface area (Å²) in [6.45, 7) is 4.08. The van der Waals surface area contributed by atoms with Gasteiger partial charge in [-0.1, -0.05) is 24.3 Å². The molecule has 3 aromatic rings. The summed E-state index contributed by atoms with van der Waals surface area (Å²) in [6.07, 6.45) is 0. The van der Waals surface area contributed by atoms with E-state index in [0.29, 0.717) is 18.3 Å². The fourth-order valence-electron chi connectivity index (χ4n) is 3.45. The van der Waals surface area contributed by atoms with E-state index in [9.17, 15) is 4.79 Å². The second kappa shape index (κ2) is 7.38. The average Bonchev–Trinajstić information content (AvgIpc) is 3.31. The fraction of sp³-hybridized carbons (Fsp3) is 0.300. The molecule has 27 heavy (non-hydrogen) atoms. The van der Waals surface area contributed by atoms with Crippen LogP contribution in [0.3, 0.4) is 0 Å². The summed E-state index contributed by atoms with van der Waals surface area (Å²) in [5.74, 6) is 1.88. The summed E-state index contributed by atoms with van der Waals surface area (Å²) in [6, 6.07) is 15.8. The van der Waals surface area contributed by atoms with E-state index in [2.05, 4.69) is 28.1 Å². The van der Waals surface area contributed by atoms with E-state index in [1.54, 1.807) is 11.7 Å². The first kappa shape index (κ1) is 17.5. The van der Waals surface area contributed by atoms with Gasteiger partial charge in [-0.3, -0.25) is 10.9 Å². The number of hydrazine groups is 1. The highest BCUT2D eigenvalue weighted by molar-refractivity contribution is 5.37. The molecule has 4 rings (SSSR count). The van der Waals surface area contributed by atoms with Crippen molar-refractivity contribution < 1.29 is 4.74 Å². The van der Waals surface area contributed by atoms with Gasteiger partial charge in [0.1, 0.15) is 11.6 Å². The zero-order valence-electron chi connectivity index (χ0n) is 15.5. The molecule has 140 valence electrons. The Hall–Kier alpha value is -2.90. The molecule has 1 saturated heterocycles. The molecule has 1 fully saturated rings. The van der Waals surface area contributed by atoms with Crippen molar-refractivity contribution in [3.63, 3.8) is 0 Å². The number of aromatic nitrogens is 3. The van der Waals surface area contributed by atoms with Crippen molar-refractivity contribution in [3.05, 3.63) is 76.0 Å². The number of ether oxygens (including phenoxy) is 1. The number of nitrogens with zero attached hydrogens (tertiary/aromatic N) is 3. The van der Waals surface area contributed by atoms with Crippen molar-refractivity contribution in [2.24, 2.45) is 0 Å². The highest BCUT2D eigenvalue weighted by Gasteiger charge is 2.17. The molecule has 0 atom stereocenters. The molecule has 7 nitrogen and oxygen atoms in total. The van der Waals surface area contributed by atoms with E-state index in [-0.39, 0.29) is 5.69 Å². The van der Waals surface area contributed by atoms with Crippen LogP contribution in [0.2, 0.25) is 0 Å². The lowest BCUT2D eigenvalue weighted by Gasteiger charge is -2.09. The number of methoxy groups -OCH3 is 1. The summed E-state index contributed by atoms with van der Waals surface area (Å²) < 4.78 is 8.39. The van der Waals surface area contributed by atoms with Gasteiger partial charge in [-0.05, 0) is 42.3 Å². The van der Waals surface area contributed by atoms with Gasteiger partial charge in [-0.2, -0.15) is 5.10 Å². The van der Waals surface area contributed by atoms with Crippen LogP contribution in [0, 0.1) is 6.92 Å². The number of hydrogen-bond donors (Lipinski definition) is 2. The van der Waals surface area contributed by atoms with Crippen molar-refractivity contribution in [1.29, 1.82) is 0 Å². The maximum atomic E-state index is 12.9. The van der Waals surface area contributed by atoms with Crippen LogP contribution < -0.4 is 21.3 Å². The van der Waals surface area contributed by atoms with Gasteiger partial charge in [0, 0.05) is 19.0 Å². The lowest BCUT2D eigenvalue weighted by molar-refractivity contribution is 0.414. The number of hydrogen-bond acceptors (Lipinski definition) is 5. The van der Waals surface area contributed by atoms with Crippen molar-refractivity contribution in [2.75, 3.05) is 20.2 Å². The van der Waals surface area contributed by atoms with E-state index in [0.717, 1.165) is 30.1 Å². The second-order valence-electron chi connectivity index (χ2n) is 6.72. The molecule has 0 aliphatic carbocycles. The van der Waals surface area contributed by atoms with Gasteiger partial charge in [-0.15, -0.1) is 0 Å². The van der Waals surface area contributed by atoms with Crippen LogP contribution in [-0.4, -0.2) is 34.5 Å². The molecule has 7 heteroatoms. The molecule has 2 aromatic carbocycles. The van der Waals surface area contributed by atoms with Gasteiger partial charge in [0.05, 0.1) is 19.3 Å². The van der Waals surface area contributed by atoms with Gasteiger partial charge in [0.2, 0.25) is 0 Å². The van der Waals surface area contributed by atoms with Gasteiger partial charge in [0.25, 0.3) is 0 Å². The molecule has 1 aliphatic rings. The summed E-state index contributed by atoms with van der Waals surface area (Å²) in [7, 11) is 1.63. The average molecular weight is 365 g/mol. The Bertz CT molecular complexity index is 984. The Morgan fingerprint density at radius 1 is 1.15 bits per heavy atom. The van der Waals surface area contributed by atoms with Crippen LogP contribution in [0.4, 0.5) is 0 Å². The number of rotatable bonds is 5. The zero-order chi connectivity index (χ0) is 18.8. The summed E-state index contributed by atoms with van der Waals surface area (Å²) in [5.41, 5.74) is 9.19. The summed E-state index contributed by atoms with van der Waals surface area (Å²) in [5, 5.41) is 4.44. The van der Waals surface area contributed by atoms with Crippen molar-refractivity contribution in [3.8, 4) is 11.4 Å². The quantitative estimate of drug-likeness (QED) is 0.718. The third-order valence-corrected chi connectivity index (χ3v) is 4.91. The molecule has 1 aromatic heterocycles. The van der Waals surface area contributed by atoms with Crippen LogP contribution >= 0.6 is 0 Å². The number of nitrogens with one attached hydrogen (secondary N) is 2. The molecule has 1 aliphatic heterocycles. The van der Waals surface area contributed by atoms with E-state index in [1.165, 1.54) is 10.2 Å². The smallest absolute Gasteiger partial charge is 0.350 e. The molecular weight excluding hydrogens is 342 g/mol. The van der Waals surface area contributed by atoms with Crippen molar-refractivity contribution >= 4 is 0 Å². The van der Waals surface area contributed by atoms with Crippen LogP contribution in [0.15, 0.2) is 53.3 Å². The highest BCUT2D eigenvalue weighted by Crippen LogP contribution is 2.19. The molecule has 2 N–H and O–H groups in total. The summed E-state index contributed by atoms with van der Waals surface area (Å²) >= 11 is 0. The van der Waals surface area contributed by atoms with E-state index < -0.39 is 0 Å². The molecule has 0 amide bonds. The standard InChI is InChI=1S/C20H23N5O2/c1-14-23-24(13-15-4-3-5-19(10-15)27-2)20(26)25(14)18-8-6-16(7-9-18)17-11-21-22-12-17/h3-10,17,21-22H,11-13H2,1-2H3. The predicted molar refractivity (Wildman–Crippen MR) is 103 cm³/mol. The van der Waals surface area contributed by atoms with E-state index in [1.807, 2.05) is 43.3 Å². The molecular formula is C20H23N5O2. The topological polar surface area (TPSA) is 73.1 Å². The Labute approximate surface area is 157 Å². The lowest BCUT2D eigenvalue weighted by atomic mass is 10.0. The molecule has 0 saturated carbocycles. The van der Waals surface area contributed by atoms with E-state index in [4.69, 9.17) is 4.74 Å². The van der Waals surface area contributed by atoms with Crippen molar-refractivity contribution in [2.45, 2.75) is 19.4 Å². The predicted octanol–water partition coefficient (Wildman–Crippen LogP) is 1.59. The normalized spacial score (nSPS) is 14.6. The molecule has 0 spiro atoms. The Kier molecular flexibility index (Phi) is 4.79. The van der Waals surface area contributed by atoms with Gasteiger partial charge in [0.15, 0.2) is 0 Å². The Morgan fingerprint density at radius 3 is 2.59 bits per heavy atom. The van der Waals surface area contributed by atoms with E-state index >= 15 is 0 Å². The Balaban J connectivity index is 1.61. The SMILES string of the molecule is COc1cccc(Cn2nc(C)n(-c3ccc(C4CNNC4)cc3)c2=O)c1. The first-order chi connectivity index (χ1) is 13.2. The van der Waals surface area contributed by atoms with Crippen LogP contribution in [0.1, 0.15) is 22.9 Å². The monoisotopic (exact) mass is 365 g/mol. The van der Waals surface area contributed by atoms with Gasteiger partial charge in [-0.25, -0.2) is 14.0 Å². The maximum Gasteiger partial charge on any atom is 0.350 e. The number of aryl methyl sites for hydroxylation is 1. The molecule has 2 heterocycles. The first-order valence-electron chi connectivity index (χ1n) is 9.01. The minimum atomic E-state index is -0.146. The van der Waals surface area contributed by atoms with Crippen LogP contribution in [0.5, 0.6) is 5.75 Å². The summed E-state index contributed by atoms with van der Waals surface area (Å²) in [4.78, 5) is 12.9. The highest BCUT2D eigenvalue weighted by atomic mass is 16.5. The van der Waals surface area contributed by atoms with Crippen molar-refractivity contribution in [1.82, 2.24) is 25.2 Å². The third-order valence-electron chi connectivity index (χ3n) is 4.91. The minimum absolute atomic E-state index is 0.146. The number of benzene rings is 2. The lowest BCUT2D eigenvalue weighted by Crippen LogP contribution is -2.24. The largest absolute Gasteiger partial charge is 0.497 e. The Morgan fingerprint density at radius 2 is 1.89 bits per heavy atom.